The second kappa shape index (κ2) is 14.9. The molecule has 0 aliphatic carbocycles. The van der Waals surface area contributed by atoms with Crippen molar-refractivity contribution in [2.45, 2.75) is 31.9 Å². The second-order valence-corrected chi connectivity index (χ2v) is 11.4. The van der Waals surface area contributed by atoms with Crippen LogP contribution in [0.3, 0.4) is 0 Å². The van der Waals surface area contributed by atoms with Crippen molar-refractivity contribution < 1.29 is 36.3 Å². The Morgan fingerprint density at radius 2 is 1.68 bits per heavy atom. The quantitative estimate of drug-likeness (QED) is 0.469. The van der Waals surface area contributed by atoms with Crippen molar-refractivity contribution in [3.8, 4) is 0 Å². The molecule has 0 unspecified atom stereocenters. The number of piperazine rings is 1. The molecule has 0 bridgehead atoms. The van der Waals surface area contributed by atoms with Crippen molar-refractivity contribution in [2.24, 2.45) is 0 Å². The Labute approximate surface area is 220 Å². The number of aliphatic carboxylic acids is 1. The number of alkyl halides is 3. The Bertz CT molecular complexity index is 985. The molecule has 37 heavy (non-hydrogen) atoms. The topological polar surface area (TPSA) is 110 Å². The third-order valence-corrected chi connectivity index (χ3v) is 8.13. The van der Waals surface area contributed by atoms with E-state index in [1.54, 1.807) is 29.2 Å². The van der Waals surface area contributed by atoms with E-state index in [0.717, 1.165) is 26.1 Å². The highest BCUT2D eigenvalue weighted by molar-refractivity contribution is 7.89. The van der Waals surface area contributed by atoms with Crippen LogP contribution in [-0.4, -0.2) is 110 Å². The van der Waals surface area contributed by atoms with Gasteiger partial charge in [-0.25, -0.2) is 13.2 Å². The highest BCUT2D eigenvalue weighted by Crippen LogP contribution is 2.15. The first-order chi connectivity index (χ1) is 17.4. The van der Waals surface area contributed by atoms with E-state index >= 15 is 0 Å². The van der Waals surface area contributed by atoms with E-state index in [2.05, 4.69) is 10.2 Å². The average molecular weight is 571 g/mol. The van der Waals surface area contributed by atoms with E-state index in [-0.39, 0.29) is 18.2 Å². The standard InChI is InChI=1S/C21H33ClN4O3S.C2HF3O2/c22-20-7-4-6-19(18-20)21(27)25(13-5-12-24-10-2-1-3-11-24)16-17-30(28,29)26-14-8-23-9-15-26;3-2(4,5)1(6)7/h4,6-7,18,23H,1-3,5,8-17H2;(H,6,7). The number of amides is 1. The number of carbonyl (C=O) groups excluding carboxylic acids is 1. The van der Waals surface area contributed by atoms with Crippen LogP contribution in [0, 0.1) is 0 Å². The summed E-state index contributed by atoms with van der Waals surface area (Å²) in [6, 6.07) is 6.86. The van der Waals surface area contributed by atoms with Crippen molar-refractivity contribution in [1.82, 2.24) is 19.4 Å². The van der Waals surface area contributed by atoms with Crippen LogP contribution in [0.15, 0.2) is 24.3 Å². The molecule has 2 N–H and O–H groups in total. The lowest BCUT2D eigenvalue weighted by Gasteiger charge is -2.30. The minimum Gasteiger partial charge on any atom is -0.475 e. The predicted molar refractivity (Wildman–Crippen MR) is 134 cm³/mol. The molecule has 2 heterocycles. The Kier molecular flexibility index (Phi) is 12.6. The van der Waals surface area contributed by atoms with E-state index in [4.69, 9.17) is 21.5 Å². The first-order valence-electron chi connectivity index (χ1n) is 12.2. The summed E-state index contributed by atoms with van der Waals surface area (Å²) in [5.74, 6) is -2.97. The maximum atomic E-state index is 13.1. The normalized spacial score (nSPS) is 17.5. The number of carboxylic acids is 1. The van der Waals surface area contributed by atoms with Crippen LogP contribution in [-0.2, 0) is 14.8 Å². The second-order valence-electron chi connectivity index (χ2n) is 8.83. The smallest absolute Gasteiger partial charge is 0.475 e. The fourth-order valence-electron chi connectivity index (χ4n) is 4.06. The zero-order chi connectivity index (χ0) is 27.5. The summed E-state index contributed by atoms with van der Waals surface area (Å²) in [6.45, 7) is 6.19. The number of rotatable bonds is 9. The Balaban J connectivity index is 0.000000604. The molecule has 9 nitrogen and oxygen atoms in total. The number of nitrogens with one attached hydrogen (secondary N) is 1. The van der Waals surface area contributed by atoms with Gasteiger partial charge >= 0.3 is 12.1 Å². The van der Waals surface area contributed by atoms with Gasteiger partial charge in [-0.15, -0.1) is 0 Å². The van der Waals surface area contributed by atoms with Crippen LogP contribution in [0.1, 0.15) is 36.0 Å². The number of benzene rings is 1. The monoisotopic (exact) mass is 570 g/mol. The van der Waals surface area contributed by atoms with E-state index in [1.165, 1.54) is 23.6 Å². The molecule has 0 spiro atoms. The van der Waals surface area contributed by atoms with Crippen LogP contribution in [0.25, 0.3) is 0 Å². The van der Waals surface area contributed by atoms with Crippen LogP contribution in [0.5, 0.6) is 0 Å². The number of carboxylic acid groups (broad SMARTS) is 1. The zero-order valence-corrected chi connectivity index (χ0v) is 22.1. The first kappa shape index (κ1) is 31.3. The zero-order valence-electron chi connectivity index (χ0n) is 20.6. The summed E-state index contributed by atoms with van der Waals surface area (Å²) in [4.78, 5) is 26.1. The Hall–Kier alpha value is -1.93. The number of hydrogen-bond donors (Lipinski definition) is 2. The van der Waals surface area contributed by atoms with Gasteiger partial charge in [0, 0.05) is 49.9 Å². The van der Waals surface area contributed by atoms with E-state index in [9.17, 15) is 26.4 Å². The summed E-state index contributed by atoms with van der Waals surface area (Å²) in [5.41, 5.74) is 0.500. The van der Waals surface area contributed by atoms with E-state index in [0.29, 0.717) is 43.3 Å². The van der Waals surface area contributed by atoms with Crippen LogP contribution < -0.4 is 5.32 Å². The summed E-state index contributed by atoms with van der Waals surface area (Å²) in [6.07, 6.45) is -0.498. The number of likely N-dealkylation sites (tertiary alicyclic amines) is 1. The van der Waals surface area contributed by atoms with Crippen molar-refractivity contribution in [2.75, 3.05) is 64.7 Å². The molecule has 2 aliphatic heterocycles. The van der Waals surface area contributed by atoms with Gasteiger partial charge < -0.3 is 20.2 Å². The largest absolute Gasteiger partial charge is 0.490 e. The number of hydrogen-bond acceptors (Lipinski definition) is 6. The van der Waals surface area contributed by atoms with Gasteiger partial charge in [0.25, 0.3) is 5.91 Å². The molecular formula is C23H34ClF3N4O5S. The number of sulfonamides is 1. The highest BCUT2D eigenvalue weighted by Gasteiger charge is 2.38. The maximum Gasteiger partial charge on any atom is 0.490 e. The lowest BCUT2D eigenvalue weighted by Crippen LogP contribution is -2.48. The summed E-state index contributed by atoms with van der Waals surface area (Å²) >= 11 is 6.06. The minimum absolute atomic E-state index is 0.0526. The number of carbonyl (C=O) groups is 2. The number of halogens is 4. The SMILES string of the molecule is O=C(O)C(F)(F)F.O=C(c1cccc(Cl)c1)N(CCCN1CCCCC1)CCS(=O)(=O)N1CCNCC1. The van der Waals surface area contributed by atoms with Gasteiger partial charge in [-0.1, -0.05) is 24.1 Å². The molecule has 1 aromatic carbocycles. The molecule has 3 rings (SSSR count). The Morgan fingerprint density at radius 3 is 2.24 bits per heavy atom. The molecule has 0 radical (unpaired) electrons. The van der Waals surface area contributed by atoms with Gasteiger partial charge in [0.2, 0.25) is 10.0 Å². The lowest BCUT2D eigenvalue weighted by molar-refractivity contribution is -0.192. The number of piperidine rings is 1. The van der Waals surface area contributed by atoms with Crippen LogP contribution in [0.4, 0.5) is 13.2 Å². The first-order valence-corrected chi connectivity index (χ1v) is 14.1. The van der Waals surface area contributed by atoms with Gasteiger partial charge in [0.15, 0.2) is 0 Å². The minimum atomic E-state index is -5.08. The molecule has 2 fully saturated rings. The fraction of sp³-hybridized carbons (Fsp3) is 0.652. The van der Waals surface area contributed by atoms with Crippen molar-refractivity contribution in [3.05, 3.63) is 34.9 Å². The maximum absolute atomic E-state index is 13.1. The van der Waals surface area contributed by atoms with Gasteiger partial charge in [0.1, 0.15) is 0 Å². The van der Waals surface area contributed by atoms with Crippen molar-refractivity contribution >= 4 is 33.5 Å². The van der Waals surface area contributed by atoms with Gasteiger partial charge in [0.05, 0.1) is 5.75 Å². The Morgan fingerprint density at radius 1 is 1.05 bits per heavy atom. The fourth-order valence-corrected chi connectivity index (χ4v) is 5.70. The molecule has 210 valence electrons. The summed E-state index contributed by atoms with van der Waals surface area (Å²) < 4.78 is 58.8. The van der Waals surface area contributed by atoms with Crippen LogP contribution in [0.2, 0.25) is 5.02 Å². The lowest BCUT2D eigenvalue weighted by atomic mass is 10.1. The highest BCUT2D eigenvalue weighted by atomic mass is 35.5. The molecular weight excluding hydrogens is 537 g/mol. The summed E-state index contributed by atoms with van der Waals surface area (Å²) in [5, 5.41) is 10.8. The van der Waals surface area contributed by atoms with Gasteiger partial charge in [-0.05, 0) is 57.1 Å². The van der Waals surface area contributed by atoms with Gasteiger partial charge in [-0.3, -0.25) is 4.79 Å². The third-order valence-electron chi connectivity index (χ3n) is 6.04. The molecule has 1 amide bonds. The summed E-state index contributed by atoms with van der Waals surface area (Å²) in [7, 11) is -3.38. The van der Waals surface area contributed by atoms with Crippen molar-refractivity contribution in [1.29, 1.82) is 0 Å². The third kappa shape index (κ3) is 11.1. The molecule has 14 heteroatoms. The van der Waals surface area contributed by atoms with Crippen molar-refractivity contribution in [3.63, 3.8) is 0 Å². The molecule has 2 aliphatic rings. The average Bonchev–Trinajstić information content (AvgIpc) is 2.86. The molecule has 0 atom stereocenters. The van der Waals surface area contributed by atoms with E-state index < -0.39 is 22.2 Å². The van der Waals surface area contributed by atoms with Gasteiger partial charge in [-0.2, -0.15) is 17.5 Å². The molecule has 1 aromatic rings. The molecule has 0 aromatic heterocycles. The van der Waals surface area contributed by atoms with Crippen LogP contribution >= 0.6 is 11.6 Å². The van der Waals surface area contributed by atoms with E-state index in [1.807, 2.05) is 0 Å². The molecule has 0 saturated carbocycles. The molecule has 2 saturated heterocycles. The number of nitrogens with zero attached hydrogens (tertiary/aromatic N) is 3. The predicted octanol–water partition coefficient (Wildman–Crippen LogP) is 2.53.